The average Bonchev–Trinajstić information content (AvgIpc) is 2.65. The van der Waals surface area contributed by atoms with Crippen LogP contribution in [-0.2, 0) is 0 Å². The maximum atomic E-state index is 12.8. The third kappa shape index (κ3) is 4.54. The van der Waals surface area contributed by atoms with Crippen molar-refractivity contribution in [3.8, 4) is 0 Å². The Hall–Kier alpha value is -3.54. The van der Waals surface area contributed by atoms with Gasteiger partial charge in [-0.25, -0.2) is 0 Å². The number of aryl methyl sites for hydroxylation is 6. The zero-order valence-corrected chi connectivity index (χ0v) is 18.2. The predicted molar refractivity (Wildman–Crippen MR) is 119 cm³/mol. The van der Waals surface area contributed by atoms with E-state index in [1.807, 2.05) is 65.8 Å². The minimum atomic E-state index is -0.323. The fourth-order valence-corrected chi connectivity index (χ4v) is 3.29. The summed E-state index contributed by atoms with van der Waals surface area (Å²) >= 11 is 0. The minimum Gasteiger partial charge on any atom is -0.319 e. The van der Waals surface area contributed by atoms with Crippen molar-refractivity contribution in [2.75, 3.05) is 10.6 Å². The molecule has 3 rings (SSSR count). The molecule has 2 N–H and O–H groups in total. The van der Waals surface area contributed by atoms with E-state index in [1.165, 1.54) is 0 Å². The van der Waals surface area contributed by atoms with Gasteiger partial charge in [0.05, 0.1) is 11.4 Å². The molecule has 0 radical (unpaired) electrons. The number of carbonyl (C=O) groups is 2. The zero-order valence-electron chi connectivity index (χ0n) is 18.2. The number of aromatic nitrogens is 2. The van der Waals surface area contributed by atoms with Gasteiger partial charge in [-0.2, -0.15) is 0 Å². The summed E-state index contributed by atoms with van der Waals surface area (Å²) in [6.45, 7) is 11.5. The molecule has 30 heavy (non-hydrogen) atoms. The maximum Gasteiger partial charge on any atom is 0.274 e. The summed E-state index contributed by atoms with van der Waals surface area (Å²) in [5.74, 6) is -0.646. The van der Waals surface area contributed by atoms with Gasteiger partial charge in [0.2, 0.25) is 0 Å². The lowest BCUT2D eigenvalue weighted by atomic mass is 10.1. The first kappa shape index (κ1) is 21.2. The molecule has 2 heterocycles. The van der Waals surface area contributed by atoms with E-state index in [-0.39, 0.29) is 11.8 Å². The Balaban J connectivity index is 1.92. The first-order chi connectivity index (χ1) is 14.2. The van der Waals surface area contributed by atoms with E-state index in [9.17, 15) is 9.59 Å². The first-order valence-corrected chi connectivity index (χ1v) is 9.76. The number of amides is 2. The number of rotatable bonds is 4. The smallest absolute Gasteiger partial charge is 0.274 e. The first-order valence-electron chi connectivity index (χ1n) is 9.76. The SMILES string of the molecule is Cc1cnc(C(=O)Nc2cc(C)c(C)cc2NC(=O)c2ncc(C)cc2C)c(C)c1. The molecule has 0 aliphatic carbocycles. The molecule has 0 aliphatic heterocycles. The Bertz CT molecular complexity index is 1060. The monoisotopic (exact) mass is 402 g/mol. The Morgan fingerprint density at radius 3 is 1.30 bits per heavy atom. The van der Waals surface area contributed by atoms with Gasteiger partial charge >= 0.3 is 0 Å². The molecule has 0 bridgehead atoms. The highest BCUT2D eigenvalue weighted by Gasteiger charge is 2.17. The van der Waals surface area contributed by atoms with Crippen molar-refractivity contribution >= 4 is 23.2 Å². The maximum absolute atomic E-state index is 12.8. The van der Waals surface area contributed by atoms with Gasteiger partial charge in [0.25, 0.3) is 11.8 Å². The number of nitrogens with one attached hydrogen (secondary N) is 2. The summed E-state index contributed by atoms with van der Waals surface area (Å²) in [5, 5.41) is 5.80. The number of carbonyl (C=O) groups excluding carboxylic acids is 2. The van der Waals surface area contributed by atoms with E-state index in [1.54, 1.807) is 12.4 Å². The molecule has 154 valence electrons. The summed E-state index contributed by atoms with van der Waals surface area (Å²) in [6.07, 6.45) is 3.33. The van der Waals surface area contributed by atoms with Crippen LogP contribution in [0.1, 0.15) is 54.4 Å². The Kier molecular flexibility index (Phi) is 5.96. The third-order valence-corrected chi connectivity index (χ3v) is 4.99. The van der Waals surface area contributed by atoms with Gasteiger partial charge in [0.15, 0.2) is 0 Å². The van der Waals surface area contributed by atoms with Crippen LogP contribution in [0.4, 0.5) is 11.4 Å². The highest BCUT2D eigenvalue weighted by atomic mass is 16.2. The van der Waals surface area contributed by atoms with Crippen LogP contribution in [0.15, 0.2) is 36.7 Å². The van der Waals surface area contributed by atoms with Crippen molar-refractivity contribution in [3.63, 3.8) is 0 Å². The van der Waals surface area contributed by atoms with Gasteiger partial charge in [-0.15, -0.1) is 0 Å². The fraction of sp³-hybridized carbons (Fsp3) is 0.250. The molecular formula is C24H26N4O2. The fourth-order valence-electron chi connectivity index (χ4n) is 3.29. The number of anilines is 2. The van der Waals surface area contributed by atoms with E-state index in [0.717, 1.165) is 33.4 Å². The molecule has 2 amide bonds. The van der Waals surface area contributed by atoms with Crippen LogP contribution in [0.25, 0.3) is 0 Å². The molecule has 0 saturated carbocycles. The number of hydrogen-bond acceptors (Lipinski definition) is 4. The molecule has 3 aromatic rings. The largest absolute Gasteiger partial charge is 0.319 e. The number of pyridine rings is 2. The van der Waals surface area contributed by atoms with Crippen molar-refractivity contribution in [1.82, 2.24) is 9.97 Å². The summed E-state index contributed by atoms with van der Waals surface area (Å²) in [7, 11) is 0. The van der Waals surface area contributed by atoms with E-state index in [4.69, 9.17) is 0 Å². The van der Waals surface area contributed by atoms with Crippen molar-refractivity contribution in [2.24, 2.45) is 0 Å². The topological polar surface area (TPSA) is 84.0 Å². The van der Waals surface area contributed by atoms with Crippen LogP contribution in [0.2, 0.25) is 0 Å². The predicted octanol–water partition coefficient (Wildman–Crippen LogP) is 4.83. The van der Waals surface area contributed by atoms with Gasteiger partial charge in [0, 0.05) is 12.4 Å². The van der Waals surface area contributed by atoms with Gasteiger partial charge in [-0.3, -0.25) is 19.6 Å². The van der Waals surface area contributed by atoms with Crippen molar-refractivity contribution in [1.29, 1.82) is 0 Å². The minimum absolute atomic E-state index is 0.323. The van der Waals surface area contributed by atoms with Crippen molar-refractivity contribution in [3.05, 3.63) is 81.4 Å². The molecule has 0 saturated heterocycles. The van der Waals surface area contributed by atoms with E-state index in [2.05, 4.69) is 20.6 Å². The molecule has 0 aliphatic rings. The molecule has 2 aromatic heterocycles. The standard InChI is InChI=1S/C24H26N4O2/c1-13-7-17(5)21(25-11-13)23(29)27-19-9-15(3)16(4)10-20(19)28-24(30)22-18(6)8-14(2)12-26-22/h7-12H,1-6H3,(H,27,29)(H,28,30). The average molecular weight is 402 g/mol. The number of hydrogen-bond donors (Lipinski definition) is 2. The van der Waals surface area contributed by atoms with E-state index in [0.29, 0.717) is 22.8 Å². The quantitative estimate of drug-likeness (QED) is 0.654. The Morgan fingerprint density at radius 2 is 0.967 bits per heavy atom. The van der Waals surface area contributed by atoms with E-state index >= 15 is 0 Å². The number of benzene rings is 1. The molecule has 1 aromatic carbocycles. The van der Waals surface area contributed by atoms with Crippen LogP contribution in [0.3, 0.4) is 0 Å². The second-order valence-electron chi connectivity index (χ2n) is 7.75. The highest BCUT2D eigenvalue weighted by molar-refractivity contribution is 6.09. The second-order valence-corrected chi connectivity index (χ2v) is 7.75. The molecule has 6 heteroatoms. The summed E-state index contributed by atoms with van der Waals surface area (Å²) in [4.78, 5) is 34.2. The molecule has 0 fully saturated rings. The molecule has 0 spiro atoms. The lowest BCUT2D eigenvalue weighted by Crippen LogP contribution is -2.20. The van der Waals surface area contributed by atoms with Gasteiger partial charge in [-0.1, -0.05) is 12.1 Å². The van der Waals surface area contributed by atoms with Crippen molar-refractivity contribution < 1.29 is 9.59 Å². The van der Waals surface area contributed by atoms with Crippen LogP contribution in [0.5, 0.6) is 0 Å². The summed E-state index contributed by atoms with van der Waals surface area (Å²) < 4.78 is 0. The molecule has 6 nitrogen and oxygen atoms in total. The number of nitrogens with zero attached hydrogens (tertiary/aromatic N) is 2. The van der Waals surface area contributed by atoms with Crippen molar-refractivity contribution in [2.45, 2.75) is 41.5 Å². The Labute approximate surface area is 176 Å². The highest BCUT2D eigenvalue weighted by Crippen LogP contribution is 2.27. The molecule has 0 unspecified atom stereocenters. The lowest BCUT2D eigenvalue weighted by molar-refractivity contribution is 0.101. The van der Waals surface area contributed by atoms with Crippen LogP contribution >= 0.6 is 0 Å². The Morgan fingerprint density at radius 1 is 0.600 bits per heavy atom. The van der Waals surface area contributed by atoms with Gasteiger partial charge < -0.3 is 10.6 Å². The third-order valence-electron chi connectivity index (χ3n) is 4.99. The van der Waals surface area contributed by atoms with Crippen LogP contribution in [-0.4, -0.2) is 21.8 Å². The van der Waals surface area contributed by atoms with Crippen LogP contribution < -0.4 is 10.6 Å². The molecular weight excluding hydrogens is 376 g/mol. The summed E-state index contributed by atoms with van der Waals surface area (Å²) in [6, 6.07) is 7.53. The van der Waals surface area contributed by atoms with Crippen LogP contribution in [0, 0.1) is 41.5 Å². The lowest BCUT2D eigenvalue weighted by Gasteiger charge is -2.16. The molecule has 0 atom stereocenters. The zero-order chi connectivity index (χ0) is 22.0. The van der Waals surface area contributed by atoms with Gasteiger partial charge in [-0.05, 0) is 87.1 Å². The van der Waals surface area contributed by atoms with Gasteiger partial charge in [0.1, 0.15) is 11.4 Å². The summed E-state index contributed by atoms with van der Waals surface area (Å²) in [5.41, 5.74) is 7.31. The van der Waals surface area contributed by atoms with E-state index < -0.39 is 0 Å². The normalized spacial score (nSPS) is 10.6. The second kappa shape index (κ2) is 8.45.